The average Bonchev–Trinajstić information content (AvgIpc) is 2.88. The molecule has 8 heteroatoms. The van der Waals surface area contributed by atoms with E-state index in [1.54, 1.807) is 6.92 Å². The standard InChI is InChI=1S/C11H21N3O4S/c1-2-19(17,18)8-7-13-10(15)11(9(12)14-16)5-3-4-6-11/h16H,2-8H2,1H3,(H2,12,14)(H,13,15). The molecule has 1 rings (SSSR count). The number of carbonyl (C=O) groups excluding carboxylic acids is 1. The van der Waals surface area contributed by atoms with Crippen LogP contribution in [0.25, 0.3) is 0 Å². The minimum Gasteiger partial charge on any atom is -0.409 e. The van der Waals surface area contributed by atoms with Crippen molar-refractivity contribution in [3.05, 3.63) is 0 Å². The van der Waals surface area contributed by atoms with Crippen LogP contribution in [-0.2, 0) is 14.6 Å². The molecule has 19 heavy (non-hydrogen) atoms. The molecule has 0 heterocycles. The second-order valence-corrected chi connectivity index (χ2v) is 7.24. The lowest BCUT2D eigenvalue weighted by Crippen LogP contribution is -2.49. The van der Waals surface area contributed by atoms with Crippen molar-refractivity contribution in [1.82, 2.24) is 5.32 Å². The van der Waals surface area contributed by atoms with Crippen LogP contribution in [-0.4, -0.2) is 43.4 Å². The van der Waals surface area contributed by atoms with Gasteiger partial charge in [0.05, 0.1) is 5.75 Å². The summed E-state index contributed by atoms with van der Waals surface area (Å²) in [5, 5.41) is 14.3. The molecule has 0 aromatic rings. The van der Waals surface area contributed by atoms with Crippen molar-refractivity contribution in [3.8, 4) is 0 Å². The van der Waals surface area contributed by atoms with Gasteiger partial charge in [-0.15, -0.1) is 0 Å². The van der Waals surface area contributed by atoms with Crippen LogP contribution in [0.3, 0.4) is 0 Å². The van der Waals surface area contributed by atoms with Crippen molar-refractivity contribution < 1.29 is 18.4 Å². The number of rotatable bonds is 6. The molecule has 0 radical (unpaired) electrons. The lowest BCUT2D eigenvalue weighted by molar-refractivity contribution is -0.127. The van der Waals surface area contributed by atoms with E-state index in [0.717, 1.165) is 12.8 Å². The van der Waals surface area contributed by atoms with Crippen LogP contribution in [0.5, 0.6) is 0 Å². The fourth-order valence-corrected chi connectivity index (χ4v) is 3.01. The van der Waals surface area contributed by atoms with Gasteiger partial charge in [-0.1, -0.05) is 24.9 Å². The summed E-state index contributed by atoms with van der Waals surface area (Å²) < 4.78 is 22.7. The molecule has 0 aliphatic heterocycles. The highest BCUT2D eigenvalue weighted by Crippen LogP contribution is 2.38. The van der Waals surface area contributed by atoms with Gasteiger partial charge in [0.1, 0.15) is 5.41 Å². The Hall–Kier alpha value is -1.31. The Balaban J connectivity index is 2.65. The zero-order chi connectivity index (χ0) is 14.5. The van der Waals surface area contributed by atoms with E-state index in [9.17, 15) is 13.2 Å². The number of nitrogens with one attached hydrogen (secondary N) is 1. The Bertz CT molecular complexity index is 453. The maximum atomic E-state index is 12.2. The summed E-state index contributed by atoms with van der Waals surface area (Å²) in [6, 6.07) is 0. The molecule has 4 N–H and O–H groups in total. The van der Waals surface area contributed by atoms with Gasteiger partial charge in [0.25, 0.3) is 0 Å². The van der Waals surface area contributed by atoms with Gasteiger partial charge in [0, 0.05) is 12.3 Å². The second-order valence-electron chi connectivity index (χ2n) is 4.77. The Morgan fingerprint density at radius 1 is 1.42 bits per heavy atom. The second kappa shape index (κ2) is 6.23. The van der Waals surface area contributed by atoms with Crippen molar-refractivity contribution >= 4 is 21.6 Å². The summed E-state index contributed by atoms with van der Waals surface area (Å²) >= 11 is 0. The van der Waals surface area contributed by atoms with Crippen molar-refractivity contribution in [2.45, 2.75) is 32.6 Å². The number of carbonyl (C=O) groups is 1. The van der Waals surface area contributed by atoms with E-state index in [2.05, 4.69) is 10.5 Å². The van der Waals surface area contributed by atoms with Crippen molar-refractivity contribution in [2.75, 3.05) is 18.1 Å². The number of amides is 1. The third-order valence-corrected chi connectivity index (χ3v) is 5.33. The first-order valence-electron chi connectivity index (χ1n) is 6.34. The number of nitrogens with zero attached hydrogens (tertiary/aromatic N) is 1. The Morgan fingerprint density at radius 3 is 2.47 bits per heavy atom. The number of nitrogens with two attached hydrogens (primary N) is 1. The van der Waals surface area contributed by atoms with E-state index in [1.807, 2.05) is 0 Å². The topological polar surface area (TPSA) is 122 Å². The summed E-state index contributed by atoms with van der Waals surface area (Å²) in [7, 11) is -3.11. The Kier molecular flexibility index (Phi) is 5.16. The first kappa shape index (κ1) is 15.7. The number of amidine groups is 1. The normalized spacial score (nSPS) is 19.3. The molecule has 1 aliphatic carbocycles. The summed E-state index contributed by atoms with van der Waals surface area (Å²) in [6.45, 7) is 1.61. The molecule has 0 aromatic carbocycles. The molecule has 0 unspecified atom stereocenters. The van der Waals surface area contributed by atoms with Crippen LogP contribution in [0, 0.1) is 5.41 Å². The third-order valence-electron chi connectivity index (χ3n) is 3.63. The van der Waals surface area contributed by atoms with Crippen LogP contribution in [0.15, 0.2) is 5.16 Å². The minimum atomic E-state index is -3.11. The molecule has 0 saturated heterocycles. The SMILES string of the molecule is CCS(=O)(=O)CCNC(=O)C1(C(N)=NO)CCCC1. The van der Waals surface area contributed by atoms with E-state index < -0.39 is 15.3 Å². The number of oxime groups is 1. The zero-order valence-electron chi connectivity index (χ0n) is 11.1. The zero-order valence-corrected chi connectivity index (χ0v) is 11.9. The van der Waals surface area contributed by atoms with Crippen LogP contribution in [0.1, 0.15) is 32.6 Å². The molecule has 0 spiro atoms. The number of sulfone groups is 1. The maximum absolute atomic E-state index is 12.2. The quantitative estimate of drug-likeness (QED) is 0.272. The van der Waals surface area contributed by atoms with Crippen LogP contribution in [0.2, 0.25) is 0 Å². The van der Waals surface area contributed by atoms with Gasteiger partial charge in [-0.25, -0.2) is 8.42 Å². The van der Waals surface area contributed by atoms with Gasteiger partial charge in [-0.2, -0.15) is 0 Å². The smallest absolute Gasteiger partial charge is 0.233 e. The maximum Gasteiger partial charge on any atom is 0.233 e. The Morgan fingerprint density at radius 2 is 2.00 bits per heavy atom. The molecule has 0 bridgehead atoms. The van der Waals surface area contributed by atoms with Gasteiger partial charge in [-0.3, -0.25) is 4.79 Å². The van der Waals surface area contributed by atoms with Crippen LogP contribution >= 0.6 is 0 Å². The van der Waals surface area contributed by atoms with Gasteiger partial charge >= 0.3 is 0 Å². The van der Waals surface area contributed by atoms with Gasteiger partial charge in [0.15, 0.2) is 15.7 Å². The first-order chi connectivity index (χ1) is 8.88. The molecule has 1 amide bonds. The largest absolute Gasteiger partial charge is 0.409 e. The molecule has 110 valence electrons. The van der Waals surface area contributed by atoms with E-state index in [1.165, 1.54) is 0 Å². The van der Waals surface area contributed by atoms with E-state index in [4.69, 9.17) is 10.9 Å². The molecule has 7 nitrogen and oxygen atoms in total. The molecule has 1 aliphatic rings. The summed E-state index contributed by atoms with van der Waals surface area (Å²) in [4.78, 5) is 12.2. The highest BCUT2D eigenvalue weighted by atomic mass is 32.2. The van der Waals surface area contributed by atoms with Gasteiger partial charge < -0.3 is 16.3 Å². The fourth-order valence-electron chi connectivity index (χ4n) is 2.31. The van der Waals surface area contributed by atoms with Crippen molar-refractivity contribution in [1.29, 1.82) is 0 Å². The molecular formula is C11H21N3O4S. The number of hydrogen-bond donors (Lipinski definition) is 3. The highest BCUT2D eigenvalue weighted by molar-refractivity contribution is 7.91. The molecule has 0 aromatic heterocycles. The van der Waals surface area contributed by atoms with E-state index in [-0.39, 0.29) is 29.8 Å². The lowest BCUT2D eigenvalue weighted by atomic mass is 9.84. The van der Waals surface area contributed by atoms with Crippen LogP contribution in [0.4, 0.5) is 0 Å². The third kappa shape index (κ3) is 3.59. The summed E-state index contributed by atoms with van der Waals surface area (Å²) in [6.07, 6.45) is 2.71. The van der Waals surface area contributed by atoms with E-state index in [0.29, 0.717) is 12.8 Å². The highest BCUT2D eigenvalue weighted by Gasteiger charge is 2.45. The molecule has 1 saturated carbocycles. The summed E-state index contributed by atoms with van der Waals surface area (Å²) in [5.74, 6) is -0.497. The van der Waals surface area contributed by atoms with Crippen LogP contribution < -0.4 is 11.1 Å². The average molecular weight is 291 g/mol. The Labute approximate surface area is 113 Å². The monoisotopic (exact) mass is 291 g/mol. The van der Waals surface area contributed by atoms with E-state index >= 15 is 0 Å². The van der Waals surface area contributed by atoms with Crippen molar-refractivity contribution in [3.63, 3.8) is 0 Å². The fraction of sp³-hybridized carbons (Fsp3) is 0.818. The molecule has 0 atom stereocenters. The number of hydrogen-bond acceptors (Lipinski definition) is 5. The molecule has 1 fully saturated rings. The van der Waals surface area contributed by atoms with Gasteiger partial charge in [0.2, 0.25) is 5.91 Å². The predicted octanol–water partition coefficient (Wildman–Crippen LogP) is -0.156. The first-order valence-corrected chi connectivity index (χ1v) is 8.17. The summed E-state index contributed by atoms with van der Waals surface area (Å²) in [5.41, 5.74) is 4.64. The molecular weight excluding hydrogens is 270 g/mol. The van der Waals surface area contributed by atoms with Crippen molar-refractivity contribution in [2.24, 2.45) is 16.3 Å². The minimum absolute atomic E-state index is 0.0499. The van der Waals surface area contributed by atoms with Gasteiger partial charge in [-0.05, 0) is 12.8 Å². The lowest BCUT2D eigenvalue weighted by Gasteiger charge is -2.25. The predicted molar refractivity (Wildman–Crippen MR) is 71.6 cm³/mol.